The van der Waals surface area contributed by atoms with Gasteiger partial charge in [-0.05, 0) is 30.5 Å². The zero-order valence-corrected chi connectivity index (χ0v) is 9.94. The molecule has 1 aliphatic heterocycles. The van der Waals surface area contributed by atoms with Crippen LogP contribution in [0.3, 0.4) is 0 Å². The van der Waals surface area contributed by atoms with Crippen LogP contribution in [0, 0.1) is 0 Å². The summed E-state index contributed by atoms with van der Waals surface area (Å²) >= 11 is 0. The Morgan fingerprint density at radius 2 is 2.12 bits per heavy atom. The van der Waals surface area contributed by atoms with E-state index in [2.05, 4.69) is 11.6 Å². The van der Waals surface area contributed by atoms with Gasteiger partial charge in [0.2, 0.25) is 0 Å². The molecule has 1 amide bonds. The van der Waals surface area contributed by atoms with Crippen LogP contribution in [0.15, 0.2) is 18.7 Å². The number of aromatic nitrogens is 1. The first-order valence-electron chi connectivity index (χ1n) is 5.70. The van der Waals surface area contributed by atoms with E-state index in [0.717, 1.165) is 28.9 Å². The van der Waals surface area contributed by atoms with Crippen molar-refractivity contribution in [1.82, 2.24) is 9.88 Å². The molecule has 0 aromatic carbocycles. The minimum Gasteiger partial charge on any atom is -0.465 e. The zero-order chi connectivity index (χ0) is 12.4. The van der Waals surface area contributed by atoms with E-state index in [9.17, 15) is 4.79 Å². The third-order valence-corrected chi connectivity index (χ3v) is 3.05. The van der Waals surface area contributed by atoms with Crippen molar-refractivity contribution in [3.05, 3.63) is 35.7 Å². The van der Waals surface area contributed by atoms with Crippen LogP contribution >= 0.6 is 0 Å². The molecule has 17 heavy (non-hydrogen) atoms. The molecule has 2 heterocycles. The molecule has 0 saturated heterocycles. The smallest absolute Gasteiger partial charge is 0.407 e. The summed E-state index contributed by atoms with van der Waals surface area (Å²) in [7, 11) is 0. The molecule has 0 unspecified atom stereocenters. The second-order valence-corrected chi connectivity index (χ2v) is 4.35. The predicted molar refractivity (Wildman–Crippen MR) is 66.0 cm³/mol. The summed E-state index contributed by atoms with van der Waals surface area (Å²) in [4.78, 5) is 16.9. The van der Waals surface area contributed by atoms with Crippen molar-refractivity contribution < 1.29 is 9.90 Å². The number of nitrogens with zero attached hydrogens (tertiary/aromatic N) is 2. The first kappa shape index (κ1) is 11.6. The fraction of sp³-hybridized carbons (Fsp3) is 0.385. The van der Waals surface area contributed by atoms with Crippen LogP contribution in [0.2, 0.25) is 0 Å². The number of amides is 1. The Morgan fingerprint density at radius 1 is 1.41 bits per heavy atom. The van der Waals surface area contributed by atoms with Crippen molar-refractivity contribution in [2.45, 2.75) is 19.8 Å². The summed E-state index contributed by atoms with van der Waals surface area (Å²) in [6.45, 7) is 6.87. The van der Waals surface area contributed by atoms with E-state index < -0.39 is 6.09 Å². The highest BCUT2D eigenvalue weighted by molar-refractivity contribution is 5.65. The minimum absolute atomic E-state index is 0.523. The topological polar surface area (TPSA) is 53.4 Å². The largest absolute Gasteiger partial charge is 0.465 e. The average Bonchev–Trinajstić information content (AvgIpc) is 2.50. The number of hydrogen-bond donors (Lipinski definition) is 1. The van der Waals surface area contributed by atoms with Crippen molar-refractivity contribution in [1.29, 1.82) is 0 Å². The van der Waals surface area contributed by atoms with Crippen LogP contribution in [0.4, 0.5) is 4.79 Å². The maximum Gasteiger partial charge on any atom is 0.407 e. The van der Waals surface area contributed by atoms with E-state index in [4.69, 9.17) is 5.11 Å². The van der Waals surface area contributed by atoms with Gasteiger partial charge < -0.3 is 10.0 Å². The second-order valence-electron chi connectivity index (χ2n) is 4.35. The number of pyridine rings is 1. The van der Waals surface area contributed by atoms with Gasteiger partial charge in [0.1, 0.15) is 0 Å². The highest BCUT2D eigenvalue weighted by atomic mass is 16.4. The quantitative estimate of drug-likeness (QED) is 0.807. The Morgan fingerprint density at radius 3 is 2.76 bits per heavy atom. The summed E-state index contributed by atoms with van der Waals surface area (Å²) in [5.41, 5.74) is 3.99. The van der Waals surface area contributed by atoms with Crippen molar-refractivity contribution in [3.63, 3.8) is 0 Å². The number of allylic oxidation sites excluding steroid dienone is 1. The number of hydrogen-bond acceptors (Lipinski definition) is 2. The van der Waals surface area contributed by atoms with Gasteiger partial charge in [0.15, 0.2) is 0 Å². The van der Waals surface area contributed by atoms with Crippen molar-refractivity contribution in [2.75, 3.05) is 13.1 Å². The van der Waals surface area contributed by atoms with E-state index in [-0.39, 0.29) is 0 Å². The molecule has 0 saturated carbocycles. The summed E-state index contributed by atoms with van der Waals surface area (Å²) in [5.74, 6) is 0. The fourth-order valence-corrected chi connectivity index (χ4v) is 2.01. The van der Waals surface area contributed by atoms with Crippen LogP contribution in [0.1, 0.15) is 23.9 Å². The van der Waals surface area contributed by atoms with Gasteiger partial charge >= 0.3 is 6.09 Å². The number of carboxylic acid groups (broad SMARTS) is 1. The summed E-state index contributed by atoms with van der Waals surface area (Å²) in [6.07, 6.45) is 0.575. The van der Waals surface area contributed by atoms with E-state index >= 15 is 0 Å². The van der Waals surface area contributed by atoms with Gasteiger partial charge in [-0.3, -0.25) is 4.98 Å². The molecule has 0 aliphatic carbocycles. The lowest BCUT2D eigenvalue weighted by molar-refractivity contribution is 0.147. The van der Waals surface area contributed by atoms with Crippen LogP contribution in [0.25, 0.3) is 5.57 Å². The summed E-state index contributed by atoms with van der Waals surface area (Å²) in [5, 5.41) is 8.98. The molecule has 90 valence electrons. The molecule has 0 spiro atoms. The maximum atomic E-state index is 10.9. The molecule has 2 rings (SSSR count). The maximum absolute atomic E-state index is 10.9. The van der Waals surface area contributed by atoms with E-state index in [0.29, 0.717) is 19.5 Å². The predicted octanol–water partition coefficient (Wildman–Crippen LogP) is 2.19. The Kier molecular flexibility index (Phi) is 3.13. The zero-order valence-electron chi connectivity index (χ0n) is 9.94. The summed E-state index contributed by atoms with van der Waals surface area (Å²) in [6, 6.07) is 4.00. The first-order chi connectivity index (χ1) is 8.08. The van der Waals surface area contributed by atoms with Gasteiger partial charge in [-0.15, -0.1) is 0 Å². The van der Waals surface area contributed by atoms with Crippen LogP contribution < -0.4 is 0 Å². The highest BCUT2D eigenvalue weighted by Gasteiger charge is 2.18. The van der Waals surface area contributed by atoms with Gasteiger partial charge in [0.05, 0.1) is 5.69 Å². The van der Waals surface area contributed by atoms with Crippen LogP contribution in [0.5, 0.6) is 0 Å². The lowest BCUT2D eigenvalue weighted by Gasteiger charge is -2.14. The highest BCUT2D eigenvalue weighted by Crippen LogP contribution is 2.17. The molecule has 1 aliphatic rings. The number of rotatable bonds is 1. The molecule has 1 N–H and O–H groups in total. The van der Waals surface area contributed by atoms with Crippen LogP contribution in [-0.4, -0.2) is 34.2 Å². The third kappa shape index (κ3) is 2.46. The van der Waals surface area contributed by atoms with Crippen LogP contribution in [-0.2, 0) is 12.8 Å². The van der Waals surface area contributed by atoms with Gasteiger partial charge in [0, 0.05) is 25.2 Å². The van der Waals surface area contributed by atoms with Gasteiger partial charge in [-0.1, -0.05) is 12.6 Å². The molecule has 0 fully saturated rings. The van der Waals surface area contributed by atoms with E-state index in [1.165, 1.54) is 4.90 Å². The SMILES string of the molecule is C=C(C)c1ccc2c(n1)CCN(C(=O)O)CC2. The van der Waals surface area contributed by atoms with Crippen molar-refractivity contribution in [3.8, 4) is 0 Å². The molecule has 1 aromatic heterocycles. The fourth-order valence-electron chi connectivity index (χ4n) is 2.01. The molecular weight excluding hydrogens is 216 g/mol. The van der Waals surface area contributed by atoms with Gasteiger partial charge in [0.25, 0.3) is 0 Å². The Balaban J connectivity index is 2.25. The normalized spacial score (nSPS) is 15.0. The van der Waals surface area contributed by atoms with Gasteiger partial charge in [-0.2, -0.15) is 0 Å². The van der Waals surface area contributed by atoms with Gasteiger partial charge in [-0.25, -0.2) is 4.79 Å². The molecule has 0 atom stereocenters. The Labute approximate surface area is 101 Å². The Bertz CT molecular complexity index is 468. The number of fused-ring (bicyclic) bond motifs is 1. The standard InChI is InChI=1S/C13H16N2O2/c1-9(2)11-4-3-10-5-7-15(13(16)17)8-6-12(10)14-11/h3-4H,1,5-8H2,2H3,(H,16,17). The molecular formula is C13H16N2O2. The molecule has 1 aromatic rings. The number of carbonyl (C=O) groups is 1. The van der Waals surface area contributed by atoms with Crippen molar-refractivity contribution >= 4 is 11.7 Å². The molecule has 0 bridgehead atoms. The minimum atomic E-state index is -0.849. The molecule has 4 heteroatoms. The second kappa shape index (κ2) is 4.57. The monoisotopic (exact) mass is 232 g/mol. The summed E-state index contributed by atoms with van der Waals surface area (Å²) < 4.78 is 0. The van der Waals surface area contributed by atoms with E-state index in [1.54, 1.807) is 0 Å². The Hall–Kier alpha value is -1.84. The molecule has 4 nitrogen and oxygen atoms in total. The average molecular weight is 232 g/mol. The van der Waals surface area contributed by atoms with Crippen molar-refractivity contribution in [2.24, 2.45) is 0 Å². The third-order valence-electron chi connectivity index (χ3n) is 3.05. The first-order valence-corrected chi connectivity index (χ1v) is 5.70. The lowest BCUT2D eigenvalue weighted by Crippen LogP contribution is -2.31. The van der Waals surface area contributed by atoms with E-state index in [1.807, 2.05) is 19.1 Å². The molecule has 0 radical (unpaired) electrons. The lowest BCUT2D eigenvalue weighted by atomic mass is 10.1.